The third-order valence-electron chi connectivity index (χ3n) is 3.50. The lowest BCUT2D eigenvalue weighted by molar-refractivity contribution is 0.306. The van der Waals surface area contributed by atoms with E-state index in [-0.39, 0.29) is 5.82 Å². The number of nitrogens with one attached hydrogen (secondary N) is 1. The zero-order valence-corrected chi connectivity index (χ0v) is 15.1. The Hall–Kier alpha value is -2.56. The van der Waals surface area contributed by atoms with Crippen LogP contribution in [0.1, 0.15) is 11.1 Å². The molecule has 3 aromatic carbocycles. The lowest BCUT2D eigenvalue weighted by Gasteiger charge is -2.08. The van der Waals surface area contributed by atoms with Gasteiger partial charge in [-0.15, -0.1) is 0 Å². The summed E-state index contributed by atoms with van der Waals surface area (Å²) < 4.78 is 18.6. The molecule has 0 saturated carbocycles. The van der Waals surface area contributed by atoms with Crippen molar-refractivity contribution in [3.63, 3.8) is 0 Å². The Labute approximate surface area is 161 Å². The molecule has 0 unspecified atom stereocenters. The van der Waals surface area contributed by atoms with Gasteiger partial charge in [0.25, 0.3) is 0 Å². The maximum atomic E-state index is 12.9. The maximum Gasteiger partial charge on any atom is 0.123 e. The number of hydrazone groups is 1. The number of halogens is 3. The van der Waals surface area contributed by atoms with Crippen molar-refractivity contribution in [2.24, 2.45) is 5.10 Å². The van der Waals surface area contributed by atoms with Gasteiger partial charge in [-0.2, -0.15) is 5.10 Å². The number of hydrogen-bond donors (Lipinski definition) is 1. The van der Waals surface area contributed by atoms with Crippen molar-refractivity contribution in [3.8, 4) is 5.75 Å². The van der Waals surface area contributed by atoms with Gasteiger partial charge < -0.3 is 4.74 Å². The topological polar surface area (TPSA) is 33.6 Å². The molecule has 0 atom stereocenters. The molecule has 6 heteroatoms. The van der Waals surface area contributed by atoms with Gasteiger partial charge in [-0.05, 0) is 59.7 Å². The van der Waals surface area contributed by atoms with Gasteiger partial charge in [-0.3, -0.25) is 5.43 Å². The fourth-order valence-electron chi connectivity index (χ4n) is 2.19. The first-order valence-electron chi connectivity index (χ1n) is 7.81. The van der Waals surface area contributed by atoms with Crippen LogP contribution in [0.4, 0.5) is 10.1 Å². The summed E-state index contributed by atoms with van der Waals surface area (Å²) >= 11 is 11.9. The summed E-state index contributed by atoms with van der Waals surface area (Å²) in [5.74, 6) is 0.424. The Morgan fingerprint density at radius 1 is 0.962 bits per heavy atom. The smallest absolute Gasteiger partial charge is 0.123 e. The summed E-state index contributed by atoms with van der Waals surface area (Å²) in [4.78, 5) is 0. The van der Waals surface area contributed by atoms with Crippen molar-refractivity contribution in [2.75, 3.05) is 5.43 Å². The van der Waals surface area contributed by atoms with Crippen molar-refractivity contribution in [2.45, 2.75) is 6.61 Å². The molecule has 0 radical (unpaired) electrons. The molecule has 3 nitrogen and oxygen atoms in total. The maximum absolute atomic E-state index is 12.9. The predicted octanol–water partition coefficient (Wildman–Crippen LogP) is 6.16. The Kier molecular flexibility index (Phi) is 6.10. The number of ether oxygens (including phenoxy) is 1. The number of rotatable bonds is 6. The largest absolute Gasteiger partial charge is 0.489 e. The highest BCUT2D eigenvalue weighted by atomic mass is 35.5. The molecule has 0 aliphatic rings. The van der Waals surface area contributed by atoms with Gasteiger partial charge in [-0.25, -0.2) is 4.39 Å². The molecule has 132 valence electrons. The number of nitrogens with zero attached hydrogens (tertiary/aromatic N) is 1. The van der Waals surface area contributed by atoms with Crippen LogP contribution in [0.3, 0.4) is 0 Å². The molecule has 0 aliphatic carbocycles. The van der Waals surface area contributed by atoms with Crippen molar-refractivity contribution < 1.29 is 9.13 Å². The molecule has 1 N–H and O–H groups in total. The monoisotopic (exact) mass is 388 g/mol. The highest BCUT2D eigenvalue weighted by molar-refractivity contribution is 6.42. The van der Waals surface area contributed by atoms with Crippen molar-refractivity contribution in [1.29, 1.82) is 0 Å². The first-order valence-corrected chi connectivity index (χ1v) is 8.57. The lowest BCUT2D eigenvalue weighted by Crippen LogP contribution is -1.96. The van der Waals surface area contributed by atoms with Crippen LogP contribution in [0, 0.1) is 5.82 Å². The molecule has 26 heavy (non-hydrogen) atoms. The molecular formula is C20H15Cl2FN2O. The van der Waals surface area contributed by atoms with Gasteiger partial charge in [0.15, 0.2) is 0 Å². The van der Waals surface area contributed by atoms with E-state index >= 15 is 0 Å². The molecule has 0 spiro atoms. The second-order valence-corrected chi connectivity index (χ2v) is 6.30. The number of anilines is 1. The van der Waals surface area contributed by atoms with E-state index in [1.165, 1.54) is 12.1 Å². The zero-order valence-electron chi connectivity index (χ0n) is 13.6. The van der Waals surface area contributed by atoms with Gasteiger partial charge in [0, 0.05) is 0 Å². The van der Waals surface area contributed by atoms with Gasteiger partial charge >= 0.3 is 0 Å². The molecule has 0 aliphatic heterocycles. The van der Waals surface area contributed by atoms with Crippen LogP contribution < -0.4 is 10.2 Å². The van der Waals surface area contributed by atoms with Gasteiger partial charge in [0.1, 0.15) is 18.2 Å². The van der Waals surface area contributed by atoms with E-state index in [0.717, 1.165) is 11.1 Å². The Morgan fingerprint density at radius 3 is 2.54 bits per heavy atom. The third-order valence-corrected chi connectivity index (χ3v) is 4.24. The fraction of sp³-hybridized carbons (Fsp3) is 0.0500. The molecule has 0 bridgehead atoms. The summed E-state index contributed by atoms with van der Waals surface area (Å²) in [5.41, 5.74) is 5.34. The van der Waals surface area contributed by atoms with E-state index in [1.54, 1.807) is 30.5 Å². The average molecular weight is 389 g/mol. The quantitative estimate of drug-likeness (QED) is 0.405. The van der Waals surface area contributed by atoms with Crippen LogP contribution in [-0.2, 0) is 6.61 Å². The molecule has 0 heterocycles. The molecule has 3 aromatic rings. The lowest BCUT2D eigenvalue weighted by atomic mass is 10.2. The Bertz CT molecular complexity index is 914. The molecule has 3 rings (SSSR count). The molecule has 0 amide bonds. The molecular weight excluding hydrogens is 374 g/mol. The average Bonchev–Trinajstić information content (AvgIpc) is 2.65. The Balaban J connectivity index is 1.59. The second kappa shape index (κ2) is 8.70. The van der Waals surface area contributed by atoms with E-state index < -0.39 is 0 Å². The molecule has 0 saturated heterocycles. The summed E-state index contributed by atoms with van der Waals surface area (Å²) in [7, 11) is 0. The normalized spacial score (nSPS) is 10.9. The van der Waals surface area contributed by atoms with E-state index in [1.807, 2.05) is 30.3 Å². The predicted molar refractivity (Wildman–Crippen MR) is 105 cm³/mol. The Morgan fingerprint density at radius 2 is 1.77 bits per heavy atom. The SMILES string of the molecule is Fc1ccc(NN=Cc2cccc(OCc3ccc(Cl)c(Cl)c3)c2)cc1. The van der Waals surface area contributed by atoms with Crippen molar-refractivity contribution in [1.82, 2.24) is 0 Å². The van der Waals surface area contributed by atoms with Crippen LogP contribution in [0.2, 0.25) is 10.0 Å². The molecule has 0 fully saturated rings. The highest BCUT2D eigenvalue weighted by Crippen LogP contribution is 2.23. The van der Waals surface area contributed by atoms with E-state index in [0.29, 0.717) is 28.1 Å². The summed E-state index contributed by atoms with van der Waals surface area (Å²) in [6, 6.07) is 18.9. The van der Waals surface area contributed by atoms with Crippen LogP contribution in [-0.4, -0.2) is 6.21 Å². The number of benzene rings is 3. The summed E-state index contributed by atoms with van der Waals surface area (Å²) in [6.45, 7) is 0.380. The number of hydrogen-bond acceptors (Lipinski definition) is 3. The van der Waals surface area contributed by atoms with Gasteiger partial charge in [0.2, 0.25) is 0 Å². The van der Waals surface area contributed by atoms with Gasteiger partial charge in [-0.1, -0.05) is 41.4 Å². The van der Waals surface area contributed by atoms with Crippen LogP contribution in [0.5, 0.6) is 5.75 Å². The minimum atomic E-state index is -0.286. The minimum absolute atomic E-state index is 0.286. The highest BCUT2D eigenvalue weighted by Gasteiger charge is 2.01. The second-order valence-electron chi connectivity index (χ2n) is 5.49. The van der Waals surface area contributed by atoms with E-state index in [9.17, 15) is 4.39 Å². The first kappa shape index (κ1) is 18.2. The van der Waals surface area contributed by atoms with Gasteiger partial charge in [0.05, 0.1) is 21.9 Å². The van der Waals surface area contributed by atoms with Crippen molar-refractivity contribution >= 4 is 35.1 Å². The third kappa shape index (κ3) is 5.22. The van der Waals surface area contributed by atoms with Crippen LogP contribution >= 0.6 is 23.2 Å². The standard InChI is InChI=1S/C20H15Cl2FN2O/c21-19-9-4-15(11-20(19)22)13-26-18-3-1-2-14(10-18)12-24-25-17-7-5-16(23)6-8-17/h1-12,25H,13H2. The zero-order chi connectivity index (χ0) is 18.4. The van der Waals surface area contributed by atoms with Crippen molar-refractivity contribution in [3.05, 3.63) is 93.7 Å². The molecule has 0 aromatic heterocycles. The van der Waals surface area contributed by atoms with E-state index in [4.69, 9.17) is 27.9 Å². The summed E-state index contributed by atoms with van der Waals surface area (Å²) in [6.07, 6.45) is 1.66. The first-order chi connectivity index (χ1) is 12.6. The minimum Gasteiger partial charge on any atom is -0.489 e. The van der Waals surface area contributed by atoms with Crippen LogP contribution in [0.25, 0.3) is 0 Å². The summed E-state index contributed by atoms with van der Waals surface area (Å²) in [5, 5.41) is 5.15. The van der Waals surface area contributed by atoms with Crippen LogP contribution in [0.15, 0.2) is 71.8 Å². The fourth-order valence-corrected chi connectivity index (χ4v) is 2.51. The van der Waals surface area contributed by atoms with E-state index in [2.05, 4.69) is 10.5 Å².